The van der Waals surface area contributed by atoms with Crippen LogP contribution < -0.4 is 5.32 Å². The van der Waals surface area contributed by atoms with Crippen molar-refractivity contribution >= 4 is 41.0 Å². The first-order valence-electron chi connectivity index (χ1n) is 17.0. The van der Waals surface area contributed by atoms with Gasteiger partial charge < -0.3 is 19.9 Å². The van der Waals surface area contributed by atoms with E-state index >= 15 is 0 Å². The number of esters is 2. The fourth-order valence-electron chi connectivity index (χ4n) is 9.09. The van der Waals surface area contributed by atoms with E-state index in [0.717, 1.165) is 5.57 Å². The predicted molar refractivity (Wildman–Crippen MR) is 171 cm³/mol. The molecule has 6 N–H and O–H groups in total. The minimum absolute atomic E-state index is 0.0128. The number of aliphatic hydroxyl groups is 1. The molecule has 1 amide bonds. The number of hydrogen-bond donors (Lipinski definition) is 6. The number of fused-ring (bicyclic) bond motifs is 5. The highest BCUT2D eigenvalue weighted by molar-refractivity contribution is 6.26. The molecule has 0 saturated heterocycles. The lowest BCUT2D eigenvalue weighted by Crippen LogP contribution is -2.69. The van der Waals surface area contributed by atoms with Crippen LogP contribution in [0.4, 0.5) is 0 Å². The summed E-state index contributed by atoms with van der Waals surface area (Å²) in [6.07, 6.45) is 4.63. The van der Waals surface area contributed by atoms with Gasteiger partial charge in [0.1, 0.15) is 0 Å². The second-order valence-corrected chi connectivity index (χ2v) is 14.8. The lowest BCUT2D eigenvalue weighted by molar-refractivity contribution is -0.492. The third kappa shape index (κ3) is 8.07. The van der Waals surface area contributed by atoms with Gasteiger partial charge in [-0.2, -0.15) is 0 Å². The summed E-state index contributed by atoms with van der Waals surface area (Å²) in [5, 5.41) is 48.3. The number of carbonyl (C=O) groups is 5. The van der Waals surface area contributed by atoms with Crippen LogP contribution in [0.5, 0.6) is 0 Å². The van der Waals surface area contributed by atoms with Gasteiger partial charge in [0, 0.05) is 36.1 Å². The maximum absolute atomic E-state index is 14.4. The average Bonchev–Trinajstić information content (AvgIpc) is 3.27. The van der Waals surface area contributed by atoms with E-state index in [1.165, 1.54) is 6.08 Å². The molecule has 17 nitrogen and oxygen atoms in total. The number of halogens is 1. The number of allylic oxidation sites excluding steroid dienone is 4. The zero-order chi connectivity index (χ0) is 37.8. The van der Waals surface area contributed by atoms with Crippen LogP contribution in [0.3, 0.4) is 0 Å². The number of ketones is 2. The van der Waals surface area contributed by atoms with Crippen molar-refractivity contribution in [2.45, 2.75) is 95.1 Å². The molecule has 0 bridgehead atoms. The highest BCUT2D eigenvalue weighted by Gasteiger charge is 2.76. The number of nitrogens with zero attached hydrogens (tertiary/aromatic N) is 2. The molecule has 0 spiro atoms. The third-order valence-electron chi connectivity index (χ3n) is 11.4. The van der Waals surface area contributed by atoms with Crippen molar-refractivity contribution in [3.05, 3.63) is 23.8 Å². The lowest BCUT2D eigenvalue weighted by Gasteiger charge is -2.64. The highest BCUT2D eigenvalue weighted by atomic mass is 35.5. The molecule has 2 unspecified atom stereocenters. The first-order chi connectivity index (χ1) is 23.9. The molecule has 286 valence electrons. The molecule has 0 heterocycles. The number of aliphatic hydroxyl groups excluding tert-OH is 1. The Bertz CT molecular complexity index is 1410. The predicted octanol–water partition coefficient (Wildman–Crippen LogP) is 2.36. The van der Waals surface area contributed by atoms with E-state index in [1.54, 1.807) is 26.0 Å². The van der Waals surface area contributed by atoms with Crippen LogP contribution in [0.25, 0.3) is 0 Å². The van der Waals surface area contributed by atoms with E-state index in [9.17, 15) is 29.1 Å². The van der Waals surface area contributed by atoms with Crippen LogP contribution in [0.2, 0.25) is 0 Å². The van der Waals surface area contributed by atoms with Crippen LogP contribution in [-0.4, -0.2) is 109 Å². The van der Waals surface area contributed by atoms with Gasteiger partial charge in [0.25, 0.3) is 0 Å². The van der Waals surface area contributed by atoms with E-state index in [-0.39, 0.29) is 75.9 Å². The van der Waals surface area contributed by atoms with Crippen molar-refractivity contribution in [3.63, 3.8) is 0 Å². The van der Waals surface area contributed by atoms with Crippen LogP contribution in [0.15, 0.2) is 23.8 Å². The summed E-state index contributed by atoms with van der Waals surface area (Å²) in [5.41, 5.74) is -3.04. The molecule has 18 heteroatoms. The molecule has 4 aliphatic carbocycles. The molecule has 0 aromatic rings. The Balaban J connectivity index is 1.53. The van der Waals surface area contributed by atoms with Gasteiger partial charge >= 0.3 is 11.9 Å². The van der Waals surface area contributed by atoms with Crippen molar-refractivity contribution in [1.82, 2.24) is 16.1 Å². The molecule has 51 heavy (non-hydrogen) atoms. The van der Waals surface area contributed by atoms with Crippen LogP contribution >= 0.6 is 11.6 Å². The average molecular weight is 746 g/mol. The Kier molecular flexibility index (Phi) is 13.2. The summed E-state index contributed by atoms with van der Waals surface area (Å²) in [6, 6.07) is 0. The first-order valence-corrected chi connectivity index (χ1v) is 17.4. The molecule has 3 fully saturated rings. The standard InChI is InChI=1S/C33H48ClN3O14/c1-20-16-24-23-9-8-21-17-22(38)10-12-30(21,2)32(23,34)25(39)18-31(24,3)33(20,51-29(43)7-5-15-50-37(46)47)26(40)19-48-28(42)11-13-35-27(41)6-4-14-49-36(44)45/h10,12,17,20,23-25,39,44-47H,4-9,11,13-16,18-19H2,1-3H3,(H,35,41)/t20-,23?,24?,25-,30-,31-,32-,33-/m0/s1. The number of alkyl halides is 1. The molecular weight excluding hydrogens is 698 g/mol. The minimum atomic E-state index is -1.85. The Morgan fingerprint density at radius 3 is 2.27 bits per heavy atom. The van der Waals surface area contributed by atoms with Gasteiger partial charge in [0.15, 0.2) is 18.0 Å². The number of rotatable bonds is 17. The normalized spacial score (nSPS) is 34.0. The quantitative estimate of drug-likeness (QED) is 0.0542. The molecule has 8 atom stereocenters. The Labute approximate surface area is 299 Å². The van der Waals surface area contributed by atoms with Gasteiger partial charge in [-0.1, -0.05) is 32.4 Å². The molecule has 4 rings (SSSR count). The van der Waals surface area contributed by atoms with Crippen molar-refractivity contribution in [2.24, 2.45) is 28.6 Å². The molecule has 4 aliphatic rings. The summed E-state index contributed by atoms with van der Waals surface area (Å²) < 4.78 is 11.5. The van der Waals surface area contributed by atoms with Gasteiger partial charge in [-0.15, -0.1) is 11.6 Å². The Morgan fingerprint density at radius 1 is 0.980 bits per heavy atom. The minimum Gasteiger partial charge on any atom is -0.457 e. The zero-order valence-corrected chi connectivity index (χ0v) is 29.7. The van der Waals surface area contributed by atoms with Crippen molar-refractivity contribution in [2.75, 3.05) is 26.4 Å². The topological polar surface area (TPSA) is 242 Å². The molecular formula is C33H48ClN3O14. The van der Waals surface area contributed by atoms with Crippen molar-refractivity contribution in [3.8, 4) is 0 Å². The van der Waals surface area contributed by atoms with Gasteiger partial charge in [0.05, 0.1) is 41.4 Å². The maximum Gasteiger partial charge on any atom is 0.308 e. The number of nitrogens with one attached hydrogen (secondary N) is 1. The van der Waals surface area contributed by atoms with Crippen LogP contribution in [-0.2, 0) is 43.1 Å². The largest absolute Gasteiger partial charge is 0.457 e. The molecule has 3 saturated carbocycles. The Hall–Kier alpha value is -2.84. The molecule has 0 aromatic heterocycles. The summed E-state index contributed by atoms with van der Waals surface area (Å²) in [7, 11) is 0. The van der Waals surface area contributed by atoms with E-state index in [2.05, 4.69) is 15.0 Å². The van der Waals surface area contributed by atoms with E-state index < -0.39 is 74.3 Å². The van der Waals surface area contributed by atoms with E-state index in [4.69, 9.17) is 41.9 Å². The van der Waals surface area contributed by atoms with Gasteiger partial charge in [-0.25, -0.2) is 0 Å². The SMILES string of the molecule is C[C@H]1CC2C3CCC4=CC(=O)C=C[C@]4(C)[C@@]3(Cl)[C@@H](O)C[C@]2(C)[C@@]1(OC(=O)CCCON(O)O)C(=O)COC(=O)CCNC(=O)CCCON(O)O. The number of carbonyl (C=O) groups excluding carboxylic acids is 5. The van der Waals surface area contributed by atoms with Crippen molar-refractivity contribution < 1.29 is 69.1 Å². The smallest absolute Gasteiger partial charge is 0.308 e. The van der Waals surface area contributed by atoms with E-state index in [0.29, 0.717) is 19.3 Å². The number of hydrogen-bond acceptors (Lipinski definition) is 16. The van der Waals surface area contributed by atoms with E-state index in [1.807, 2.05) is 6.92 Å². The summed E-state index contributed by atoms with van der Waals surface area (Å²) in [6.45, 7) is 4.24. The molecule has 0 radical (unpaired) electrons. The first kappa shape index (κ1) is 40.9. The monoisotopic (exact) mass is 745 g/mol. The second kappa shape index (κ2) is 16.4. The number of amides is 1. The summed E-state index contributed by atoms with van der Waals surface area (Å²) >= 11 is 7.54. The highest BCUT2D eigenvalue weighted by Crippen LogP contribution is 2.72. The zero-order valence-electron chi connectivity index (χ0n) is 28.9. The lowest BCUT2D eigenvalue weighted by atomic mass is 9.45. The van der Waals surface area contributed by atoms with Crippen LogP contribution in [0.1, 0.15) is 78.6 Å². The number of Topliss-reactive ketones (excluding diaryl/α,β-unsaturated/α-hetero) is 1. The van der Waals surface area contributed by atoms with Gasteiger partial charge in [0.2, 0.25) is 11.7 Å². The van der Waals surface area contributed by atoms with Gasteiger partial charge in [-0.3, -0.25) is 54.5 Å². The maximum atomic E-state index is 14.4. The van der Waals surface area contributed by atoms with Crippen LogP contribution in [0, 0.1) is 28.6 Å². The fourth-order valence-corrected chi connectivity index (χ4v) is 9.61. The van der Waals surface area contributed by atoms with Gasteiger partial charge in [-0.05, 0) is 62.5 Å². The van der Waals surface area contributed by atoms with Crippen molar-refractivity contribution in [1.29, 1.82) is 0 Å². The molecule has 0 aliphatic heterocycles. The Morgan fingerprint density at radius 2 is 1.63 bits per heavy atom. The second-order valence-electron chi connectivity index (χ2n) is 14.2. The third-order valence-corrected chi connectivity index (χ3v) is 12.3. The summed E-state index contributed by atoms with van der Waals surface area (Å²) in [5.74, 6) is -4.12. The number of ether oxygens (including phenoxy) is 2. The summed E-state index contributed by atoms with van der Waals surface area (Å²) in [4.78, 5) is 72.4. The fraction of sp³-hybridized carbons (Fsp3) is 0.727. The molecule has 0 aromatic carbocycles.